The van der Waals surface area contributed by atoms with Crippen molar-refractivity contribution in [1.82, 2.24) is 15.1 Å². The molecule has 1 N–H and O–H groups in total. The Morgan fingerprint density at radius 2 is 1.96 bits per heavy atom. The molecule has 2 amide bonds. The molecule has 0 saturated carbocycles. The van der Waals surface area contributed by atoms with E-state index in [1.807, 2.05) is 0 Å². The van der Waals surface area contributed by atoms with Gasteiger partial charge in [0.1, 0.15) is 0 Å². The molecule has 3 rings (SSSR count). The van der Waals surface area contributed by atoms with Crippen LogP contribution in [0.3, 0.4) is 0 Å². The van der Waals surface area contributed by atoms with Crippen LogP contribution in [0, 0.1) is 5.92 Å². The zero-order valence-corrected chi connectivity index (χ0v) is 15.2. The van der Waals surface area contributed by atoms with Crippen LogP contribution in [0.4, 0.5) is 0 Å². The maximum Gasteiger partial charge on any atom is 0.225 e. The molecule has 3 heterocycles. The second-order valence-electron chi connectivity index (χ2n) is 7.15. The van der Waals surface area contributed by atoms with Crippen molar-refractivity contribution in [2.45, 2.75) is 44.2 Å². The predicted octanol–water partition coefficient (Wildman–Crippen LogP) is 1.50. The van der Waals surface area contributed by atoms with Gasteiger partial charge in [0, 0.05) is 44.7 Å². The number of hydrogen-bond donors (Lipinski definition) is 1. The van der Waals surface area contributed by atoms with E-state index in [1.54, 1.807) is 11.0 Å². The molecule has 3 aliphatic heterocycles. The molecule has 6 heteroatoms. The molecular weight excluding hydrogens is 322 g/mol. The largest absolute Gasteiger partial charge is 0.353 e. The Labute approximate surface area is 149 Å². The Kier molecular flexibility index (Phi) is 6.22. The van der Waals surface area contributed by atoms with Crippen molar-refractivity contribution < 1.29 is 9.59 Å². The van der Waals surface area contributed by atoms with Crippen LogP contribution >= 0.6 is 11.8 Å². The second kappa shape index (κ2) is 8.39. The smallest absolute Gasteiger partial charge is 0.225 e. The third kappa shape index (κ3) is 4.33. The minimum Gasteiger partial charge on any atom is -0.353 e. The average Bonchev–Trinajstić information content (AvgIpc) is 2.98. The van der Waals surface area contributed by atoms with E-state index in [4.69, 9.17) is 0 Å². The van der Waals surface area contributed by atoms with Crippen LogP contribution < -0.4 is 5.32 Å². The summed E-state index contributed by atoms with van der Waals surface area (Å²) in [6.45, 7) is 6.93. The van der Waals surface area contributed by atoms with Crippen LogP contribution in [0.25, 0.3) is 0 Å². The molecule has 24 heavy (non-hydrogen) atoms. The summed E-state index contributed by atoms with van der Waals surface area (Å²) in [4.78, 5) is 28.7. The third-order valence-electron chi connectivity index (χ3n) is 5.52. The zero-order valence-electron chi connectivity index (χ0n) is 14.4. The molecule has 0 aromatic carbocycles. The topological polar surface area (TPSA) is 52.7 Å². The minimum absolute atomic E-state index is 0.0578. The van der Waals surface area contributed by atoms with Gasteiger partial charge >= 0.3 is 0 Å². The summed E-state index contributed by atoms with van der Waals surface area (Å²) in [7, 11) is 0. The van der Waals surface area contributed by atoms with Crippen molar-refractivity contribution in [3.8, 4) is 0 Å². The molecule has 0 aromatic heterocycles. The van der Waals surface area contributed by atoms with Gasteiger partial charge in [-0.05, 0) is 37.2 Å². The third-order valence-corrected chi connectivity index (χ3v) is 6.57. The highest BCUT2D eigenvalue weighted by Crippen LogP contribution is 2.25. The molecule has 1 atom stereocenters. The van der Waals surface area contributed by atoms with Crippen LogP contribution in [-0.4, -0.2) is 71.4 Å². The Balaban J connectivity index is 1.42. The molecule has 134 valence electrons. The number of likely N-dealkylation sites (tertiary alicyclic amines) is 2. The minimum atomic E-state index is -0.189. The fourth-order valence-corrected chi connectivity index (χ4v) is 5.14. The highest BCUT2D eigenvalue weighted by atomic mass is 32.2. The lowest BCUT2D eigenvalue weighted by Gasteiger charge is -2.39. The quantitative estimate of drug-likeness (QED) is 0.763. The van der Waals surface area contributed by atoms with Crippen molar-refractivity contribution in [2.75, 3.05) is 37.7 Å². The number of nitrogens with one attached hydrogen (secondary N) is 1. The second-order valence-corrected chi connectivity index (χ2v) is 8.38. The Hall–Kier alpha value is -1.01. The van der Waals surface area contributed by atoms with Crippen molar-refractivity contribution in [2.24, 2.45) is 5.92 Å². The van der Waals surface area contributed by atoms with Crippen molar-refractivity contribution in [3.05, 3.63) is 12.7 Å². The molecule has 5 nitrogen and oxygen atoms in total. The summed E-state index contributed by atoms with van der Waals surface area (Å²) in [6, 6.07) is 1.03. The van der Waals surface area contributed by atoms with Gasteiger partial charge < -0.3 is 15.1 Å². The van der Waals surface area contributed by atoms with Crippen LogP contribution in [0.5, 0.6) is 0 Å². The van der Waals surface area contributed by atoms with Gasteiger partial charge in [-0.25, -0.2) is 0 Å². The number of carbonyl (C=O) groups excluding carboxylic acids is 2. The lowest BCUT2D eigenvalue weighted by molar-refractivity contribution is -0.129. The Morgan fingerprint density at radius 3 is 2.62 bits per heavy atom. The summed E-state index contributed by atoms with van der Waals surface area (Å²) in [5.41, 5.74) is 0. The normalized spacial score (nSPS) is 27.4. The van der Waals surface area contributed by atoms with E-state index in [0.717, 1.165) is 32.0 Å². The van der Waals surface area contributed by atoms with Crippen LogP contribution in [0.15, 0.2) is 12.7 Å². The molecule has 0 aromatic rings. The van der Waals surface area contributed by atoms with E-state index in [0.29, 0.717) is 19.5 Å². The van der Waals surface area contributed by atoms with Crippen molar-refractivity contribution >= 4 is 23.6 Å². The molecular formula is C18H29N3O2S. The van der Waals surface area contributed by atoms with E-state index >= 15 is 0 Å². The van der Waals surface area contributed by atoms with Gasteiger partial charge in [-0.3, -0.25) is 9.59 Å². The highest BCUT2D eigenvalue weighted by molar-refractivity contribution is 7.99. The average molecular weight is 352 g/mol. The first-order valence-electron chi connectivity index (χ1n) is 9.18. The summed E-state index contributed by atoms with van der Waals surface area (Å²) in [5, 5.41) is 3.19. The number of carbonyl (C=O) groups is 2. The fraction of sp³-hybridized carbons (Fsp3) is 0.778. The Morgan fingerprint density at radius 1 is 1.25 bits per heavy atom. The maximum atomic E-state index is 12.5. The molecule has 0 aliphatic carbocycles. The standard InChI is InChI=1S/C18H29N3O2S/c1-2-7-21-13-14(12-17(21)22)18(23)19-15-3-8-20(9-4-15)16-5-10-24-11-6-16/h2,14-16H,1,3-13H2,(H,19,23). The number of piperidine rings is 1. The first-order valence-corrected chi connectivity index (χ1v) is 10.3. The van der Waals surface area contributed by atoms with Gasteiger partial charge in [-0.15, -0.1) is 6.58 Å². The first kappa shape index (κ1) is 17.8. The van der Waals surface area contributed by atoms with Crippen LogP contribution in [0.1, 0.15) is 32.1 Å². The molecule has 1 unspecified atom stereocenters. The number of amides is 2. The summed E-state index contributed by atoms with van der Waals surface area (Å²) in [5.74, 6) is 2.52. The summed E-state index contributed by atoms with van der Waals surface area (Å²) < 4.78 is 0. The van der Waals surface area contributed by atoms with Crippen LogP contribution in [-0.2, 0) is 9.59 Å². The van der Waals surface area contributed by atoms with Gasteiger partial charge in [0.05, 0.1) is 5.92 Å². The molecule has 3 aliphatic rings. The molecule has 0 bridgehead atoms. The van der Waals surface area contributed by atoms with E-state index in [9.17, 15) is 9.59 Å². The van der Waals surface area contributed by atoms with Gasteiger partial charge in [0.15, 0.2) is 0 Å². The summed E-state index contributed by atoms with van der Waals surface area (Å²) in [6.07, 6.45) is 6.75. The van der Waals surface area contributed by atoms with Crippen LogP contribution in [0.2, 0.25) is 0 Å². The molecule has 3 saturated heterocycles. The van der Waals surface area contributed by atoms with E-state index in [2.05, 4.69) is 28.6 Å². The number of nitrogens with zero attached hydrogens (tertiary/aromatic N) is 2. The predicted molar refractivity (Wildman–Crippen MR) is 98.0 cm³/mol. The molecule has 0 radical (unpaired) electrons. The number of hydrogen-bond acceptors (Lipinski definition) is 4. The van der Waals surface area contributed by atoms with Crippen molar-refractivity contribution in [1.29, 1.82) is 0 Å². The van der Waals surface area contributed by atoms with E-state index in [1.165, 1.54) is 24.3 Å². The number of thioether (sulfide) groups is 1. The van der Waals surface area contributed by atoms with Gasteiger partial charge in [-0.1, -0.05) is 6.08 Å². The lowest BCUT2D eigenvalue weighted by Crippen LogP contribution is -2.49. The van der Waals surface area contributed by atoms with E-state index in [-0.39, 0.29) is 23.8 Å². The summed E-state index contributed by atoms with van der Waals surface area (Å²) >= 11 is 2.07. The maximum absolute atomic E-state index is 12.5. The van der Waals surface area contributed by atoms with Gasteiger partial charge in [0.25, 0.3) is 0 Å². The number of rotatable bonds is 5. The van der Waals surface area contributed by atoms with Crippen molar-refractivity contribution in [3.63, 3.8) is 0 Å². The monoisotopic (exact) mass is 351 g/mol. The van der Waals surface area contributed by atoms with E-state index < -0.39 is 0 Å². The highest BCUT2D eigenvalue weighted by Gasteiger charge is 2.35. The molecule has 0 spiro atoms. The zero-order chi connectivity index (χ0) is 16.9. The SMILES string of the molecule is C=CCN1CC(C(=O)NC2CCN(C3CCSCC3)CC2)CC1=O. The Bertz CT molecular complexity index is 471. The van der Waals surface area contributed by atoms with Gasteiger partial charge in [0.2, 0.25) is 11.8 Å². The fourth-order valence-electron chi connectivity index (χ4n) is 4.06. The molecule has 3 fully saturated rings. The first-order chi connectivity index (χ1) is 11.7. The van der Waals surface area contributed by atoms with Gasteiger partial charge in [-0.2, -0.15) is 11.8 Å². The lowest BCUT2D eigenvalue weighted by atomic mass is 9.99.